The zero-order valence-corrected chi connectivity index (χ0v) is 14.1. The summed E-state index contributed by atoms with van der Waals surface area (Å²) in [6.07, 6.45) is 1.08. The highest BCUT2D eigenvalue weighted by Gasteiger charge is 2.23. The molecule has 0 amide bonds. The van der Waals surface area contributed by atoms with Gasteiger partial charge in [-0.2, -0.15) is 0 Å². The second kappa shape index (κ2) is 8.85. The molecule has 0 aromatic heterocycles. The van der Waals surface area contributed by atoms with E-state index in [2.05, 4.69) is 30.8 Å². The summed E-state index contributed by atoms with van der Waals surface area (Å²) < 4.78 is 0. The van der Waals surface area contributed by atoms with Crippen molar-refractivity contribution in [3.63, 3.8) is 0 Å². The molecule has 1 atom stereocenters. The van der Waals surface area contributed by atoms with E-state index in [1.54, 1.807) is 0 Å². The fraction of sp³-hybridized carbons (Fsp3) is 0.600. The number of hydrogen-bond acceptors (Lipinski definition) is 3. The third kappa shape index (κ3) is 4.90. The van der Waals surface area contributed by atoms with E-state index in [0.29, 0.717) is 16.6 Å². The Morgan fingerprint density at radius 1 is 1.10 bits per heavy atom. The number of nitrogens with two attached hydrogens (primary N) is 1. The van der Waals surface area contributed by atoms with Gasteiger partial charge < -0.3 is 10.6 Å². The molecule has 20 heavy (non-hydrogen) atoms. The molecule has 2 N–H and O–H groups in total. The topological polar surface area (TPSA) is 32.5 Å². The molecule has 1 aromatic rings. The lowest BCUT2D eigenvalue weighted by Gasteiger charge is -2.33. The van der Waals surface area contributed by atoms with Crippen LogP contribution in [-0.4, -0.2) is 50.1 Å². The van der Waals surface area contributed by atoms with Crippen molar-refractivity contribution < 1.29 is 0 Å². The Labute approximate surface area is 132 Å². The average molecular weight is 318 g/mol. The first-order valence-corrected chi connectivity index (χ1v) is 7.79. The summed E-state index contributed by atoms with van der Waals surface area (Å²) in [6.45, 7) is 5.60. The molecule has 1 rings (SSSR count). The Bertz CT molecular complexity index is 390. The summed E-state index contributed by atoms with van der Waals surface area (Å²) in [6, 6.07) is 5.69. The lowest BCUT2D eigenvalue weighted by Crippen LogP contribution is -2.39. The zero-order valence-electron chi connectivity index (χ0n) is 12.6. The highest BCUT2D eigenvalue weighted by Crippen LogP contribution is 2.33. The molecule has 0 radical (unpaired) electrons. The van der Waals surface area contributed by atoms with Gasteiger partial charge in [-0.1, -0.05) is 36.2 Å². The highest BCUT2D eigenvalue weighted by molar-refractivity contribution is 6.36. The molecule has 0 spiro atoms. The molecule has 5 heteroatoms. The number of nitrogens with zero attached hydrogens (tertiary/aromatic N) is 2. The minimum Gasteiger partial charge on any atom is -0.329 e. The van der Waals surface area contributed by atoms with Crippen LogP contribution in [0.5, 0.6) is 0 Å². The molecule has 1 aromatic carbocycles. The third-order valence-corrected chi connectivity index (χ3v) is 4.00. The molecular weight excluding hydrogens is 293 g/mol. The van der Waals surface area contributed by atoms with Gasteiger partial charge in [0.15, 0.2) is 0 Å². The monoisotopic (exact) mass is 317 g/mol. The van der Waals surface area contributed by atoms with Crippen molar-refractivity contribution in [2.75, 3.05) is 40.3 Å². The summed E-state index contributed by atoms with van der Waals surface area (Å²) in [4.78, 5) is 4.54. The Morgan fingerprint density at radius 3 is 2.15 bits per heavy atom. The highest BCUT2D eigenvalue weighted by atomic mass is 35.5. The summed E-state index contributed by atoms with van der Waals surface area (Å²) in [5.41, 5.74) is 6.96. The Hall–Kier alpha value is -0.320. The predicted octanol–water partition coefficient (Wildman–Crippen LogP) is 3.27. The van der Waals surface area contributed by atoms with Crippen LogP contribution in [0.3, 0.4) is 0 Å². The number of halogens is 2. The number of hydrogen-bond donors (Lipinski definition) is 1. The van der Waals surface area contributed by atoms with Crippen molar-refractivity contribution in [2.24, 2.45) is 5.73 Å². The molecule has 114 valence electrons. The first-order chi connectivity index (χ1) is 9.51. The van der Waals surface area contributed by atoms with E-state index in [4.69, 9.17) is 28.9 Å². The van der Waals surface area contributed by atoms with Gasteiger partial charge in [0.05, 0.1) is 6.04 Å². The van der Waals surface area contributed by atoms with E-state index in [-0.39, 0.29) is 6.04 Å². The molecule has 0 fully saturated rings. The van der Waals surface area contributed by atoms with Gasteiger partial charge in [-0.3, -0.25) is 4.90 Å². The van der Waals surface area contributed by atoms with Crippen LogP contribution in [0, 0.1) is 0 Å². The molecule has 0 saturated carbocycles. The summed E-state index contributed by atoms with van der Waals surface area (Å²) in [5.74, 6) is 0. The Morgan fingerprint density at radius 2 is 1.70 bits per heavy atom. The van der Waals surface area contributed by atoms with Crippen molar-refractivity contribution in [1.29, 1.82) is 0 Å². The molecular formula is C15H25Cl2N3. The van der Waals surface area contributed by atoms with Crippen LogP contribution in [0.1, 0.15) is 24.9 Å². The maximum Gasteiger partial charge on any atom is 0.0500 e. The smallest absolute Gasteiger partial charge is 0.0500 e. The predicted molar refractivity (Wildman–Crippen MR) is 88.7 cm³/mol. The summed E-state index contributed by atoms with van der Waals surface area (Å²) in [7, 11) is 4.15. The van der Waals surface area contributed by atoms with Gasteiger partial charge in [0.2, 0.25) is 0 Å². The molecule has 0 aliphatic carbocycles. The minimum atomic E-state index is 0.0658. The van der Waals surface area contributed by atoms with Crippen LogP contribution in [0.4, 0.5) is 0 Å². The van der Waals surface area contributed by atoms with Crippen LogP contribution in [0.25, 0.3) is 0 Å². The van der Waals surface area contributed by atoms with Crippen molar-refractivity contribution in [1.82, 2.24) is 9.80 Å². The molecule has 3 nitrogen and oxygen atoms in total. The van der Waals surface area contributed by atoms with Gasteiger partial charge in [0.25, 0.3) is 0 Å². The van der Waals surface area contributed by atoms with Gasteiger partial charge in [-0.15, -0.1) is 0 Å². The number of rotatable bonds is 8. The molecule has 0 bridgehead atoms. The van der Waals surface area contributed by atoms with E-state index in [9.17, 15) is 0 Å². The SMILES string of the molecule is CCCN(CCN(C)C)C(CN)c1c(Cl)cccc1Cl. The summed E-state index contributed by atoms with van der Waals surface area (Å²) in [5, 5.41) is 1.39. The fourth-order valence-corrected chi connectivity index (χ4v) is 2.97. The van der Waals surface area contributed by atoms with Gasteiger partial charge in [0, 0.05) is 35.2 Å². The van der Waals surface area contributed by atoms with Crippen molar-refractivity contribution in [3.8, 4) is 0 Å². The van der Waals surface area contributed by atoms with Crippen molar-refractivity contribution in [2.45, 2.75) is 19.4 Å². The zero-order chi connectivity index (χ0) is 15.1. The third-order valence-electron chi connectivity index (χ3n) is 3.34. The van der Waals surface area contributed by atoms with E-state index in [1.165, 1.54) is 0 Å². The first kappa shape index (κ1) is 17.7. The lowest BCUT2D eigenvalue weighted by molar-refractivity contribution is 0.182. The number of likely N-dealkylation sites (N-methyl/N-ethyl adjacent to an activating group) is 1. The van der Waals surface area contributed by atoms with Gasteiger partial charge in [-0.25, -0.2) is 0 Å². The van der Waals surface area contributed by atoms with Crippen LogP contribution >= 0.6 is 23.2 Å². The average Bonchev–Trinajstić information content (AvgIpc) is 2.39. The molecule has 0 aliphatic rings. The fourth-order valence-electron chi connectivity index (χ4n) is 2.32. The van der Waals surface area contributed by atoms with Crippen LogP contribution in [0.15, 0.2) is 18.2 Å². The second-order valence-corrected chi connectivity index (χ2v) is 6.04. The molecule has 0 heterocycles. The van der Waals surface area contributed by atoms with E-state index < -0.39 is 0 Å². The summed E-state index contributed by atoms with van der Waals surface area (Å²) >= 11 is 12.7. The Kier molecular flexibility index (Phi) is 7.85. The normalized spacial score (nSPS) is 13.2. The van der Waals surface area contributed by atoms with Crippen LogP contribution < -0.4 is 5.73 Å². The maximum absolute atomic E-state index is 6.33. The quantitative estimate of drug-likeness (QED) is 0.798. The largest absolute Gasteiger partial charge is 0.329 e. The standard InChI is InChI=1S/C15H25Cl2N3/c1-4-8-20(10-9-19(2)3)14(11-18)15-12(16)6-5-7-13(15)17/h5-7,14H,4,8-11,18H2,1-3H3. The van der Waals surface area contributed by atoms with Gasteiger partial charge >= 0.3 is 0 Å². The first-order valence-electron chi connectivity index (χ1n) is 7.04. The van der Waals surface area contributed by atoms with Gasteiger partial charge in [-0.05, 0) is 39.2 Å². The maximum atomic E-state index is 6.33. The van der Waals surface area contributed by atoms with E-state index in [1.807, 2.05) is 18.2 Å². The lowest BCUT2D eigenvalue weighted by atomic mass is 10.0. The van der Waals surface area contributed by atoms with E-state index >= 15 is 0 Å². The van der Waals surface area contributed by atoms with Crippen molar-refractivity contribution >= 4 is 23.2 Å². The van der Waals surface area contributed by atoms with Crippen LogP contribution in [-0.2, 0) is 0 Å². The molecule has 1 unspecified atom stereocenters. The molecule has 0 aliphatic heterocycles. The van der Waals surface area contributed by atoms with E-state index in [0.717, 1.165) is 31.6 Å². The second-order valence-electron chi connectivity index (χ2n) is 5.23. The molecule has 0 saturated heterocycles. The number of benzene rings is 1. The minimum absolute atomic E-state index is 0.0658. The van der Waals surface area contributed by atoms with Crippen LogP contribution in [0.2, 0.25) is 10.0 Å². The Balaban J connectivity index is 3.00. The van der Waals surface area contributed by atoms with Crippen molar-refractivity contribution in [3.05, 3.63) is 33.8 Å². The van der Waals surface area contributed by atoms with Gasteiger partial charge in [0.1, 0.15) is 0 Å².